The first-order chi connectivity index (χ1) is 8.52. The number of unbranched alkanes of at least 4 members (excludes halogenated alkanes) is 2. The first-order valence-electron chi connectivity index (χ1n) is 6.51. The number of aromatic nitrogens is 1. The molecule has 0 aliphatic rings. The standard InChI is InChI=1S/C14H22N2O2/c1-4-5-6-7-10(2)15-13-9-12(14(17)18)8-11(3)16-13/h8-10H,4-7H2,1-3H3,(H,15,16)(H,17,18). The number of carboxylic acid groups (broad SMARTS) is 1. The highest BCUT2D eigenvalue weighted by molar-refractivity contribution is 5.88. The number of pyridine rings is 1. The fourth-order valence-corrected chi connectivity index (χ4v) is 1.89. The second-order valence-corrected chi connectivity index (χ2v) is 4.73. The van der Waals surface area contributed by atoms with Crippen LogP contribution >= 0.6 is 0 Å². The van der Waals surface area contributed by atoms with Gasteiger partial charge in [-0.05, 0) is 32.4 Å². The largest absolute Gasteiger partial charge is 0.478 e. The number of aromatic carboxylic acids is 1. The van der Waals surface area contributed by atoms with E-state index >= 15 is 0 Å². The van der Waals surface area contributed by atoms with Crippen molar-refractivity contribution in [2.75, 3.05) is 5.32 Å². The van der Waals surface area contributed by atoms with Crippen molar-refractivity contribution in [1.82, 2.24) is 4.98 Å². The number of aryl methyl sites for hydroxylation is 1. The Morgan fingerprint density at radius 3 is 2.78 bits per heavy atom. The molecule has 0 bridgehead atoms. The van der Waals surface area contributed by atoms with Crippen LogP contribution in [0.4, 0.5) is 5.82 Å². The van der Waals surface area contributed by atoms with Crippen molar-refractivity contribution >= 4 is 11.8 Å². The molecule has 0 spiro atoms. The molecule has 0 saturated heterocycles. The van der Waals surface area contributed by atoms with Gasteiger partial charge in [-0.1, -0.05) is 26.2 Å². The highest BCUT2D eigenvalue weighted by Gasteiger charge is 2.08. The molecule has 1 rings (SSSR count). The van der Waals surface area contributed by atoms with E-state index in [9.17, 15) is 4.79 Å². The topological polar surface area (TPSA) is 62.2 Å². The van der Waals surface area contributed by atoms with Gasteiger partial charge < -0.3 is 10.4 Å². The summed E-state index contributed by atoms with van der Waals surface area (Å²) in [5.41, 5.74) is 1.00. The minimum atomic E-state index is -0.915. The van der Waals surface area contributed by atoms with Crippen molar-refractivity contribution in [3.63, 3.8) is 0 Å². The molecular formula is C14H22N2O2. The number of nitrogens with zero attached hydrogens (tertiary/aromatic N) is 1. The molecule has 0 aromatic carbocycles. The Morgan fingerprint density at radius 1 is 1.44 bits per heavy atom. The van der Waals surface area contributed by atoms with Gasteiger partial charge in [0.25, 0.3) is 0 Å². The number of hydrogen-bond acceptors (Lipinski definition) is 3. The van der Waals surface area contributed by atoms with E-state index < -0.39 is 5.97 Å². The lowest BCUT2D eigenvalue weighted by Crippen LogP contribution is -2.16. The molecule has 0 radical (unpaired) electrons. The lowest BCUT2D eigenvalue weighted by Gasteiger charge is -2.15. The molecule has 0 aliphatic carbocycles. The maximum absolute atomic E-state index is 10.9. The predicted octanol–water partition coefficient (Wildman–Crippen LogP) is 3.47. The molecule has 4 nitrogen and oxygen atoms in total. The van der Waals surface area contributed by atoms with Crippen LogP contribution in [-0.4, -0.2) is 22.1 Å². The van der Waals surface area contributed by atoms with E-state index in [4.69, 9.17) is 5.11 Å². The number of rotatable bonds is 7. The van der Waals surface area contributed by atoms with Gasteiger partial charge >= 0.3 is 5.97 Å². The summed E-state index contributed by atoms with van der Waals surface area (Å²) in [5, 5.41) is 12.2. The number of carboxylic acids is 1. The molecular weight excluding hydrogens is 228 g/mol. The van der Waals surface area contributed by atoms with Crippen LogP contribution < -0.4 is 5.32 Å². The summed E-state index contributed by atoms with van der Waals surface area (Å²) < 4.78 is 0. The zero-order valence-electron chi connectivity index (χ0n) is 11.4. The zero-order valence-corrected chi connectivity index (χ0v) is 11.4. The van der Waals surface area contributed by atoms with E-state index in [0.717, 1.165) is 12.1 Å². The Labute approximate surface area is 108 Å². The predicted molar refractivity (Wildman–Crippen MR) is 73.2 cm³/mol. The molecule has 1 heterocycles. The Morgan fingerprint density at radius 2 is 2.17 bits per heavy atom. The van der Waals surface area contributed by atoms with Crippen LogP contribution in [-0.2, 0) is 0 Å². The maximum atomic E-state index is 10.9. The van der Waals surface area contributed by atoms with Crippen LogP contribution in [0.5, 0.6) is 0 Å². The smallest absolute Gasteiger partial charge is 0.335 e. The van der Waals surface area contributed by atoms with Crippen LogP contribution in [0.15, 0.2) is 12.1 Å². The lowest BCUT2D eigenvalue weighted by atomic mass is 10.1. The summed E-state index contributed by atoms with van der Waals surface area (Å²) in [5.74, 6) is -0.265. The van der Waals surface area contributed by atoms with Crippen molar-refractivity contribution in [3.8, 4) is 0 Å². The van der Waals surface area contributed by atoms with Gasteiger partial charge in [-0.15, -0.1) is 0 Å². The molecule has 2 N–H and O–H groups in total. The van der Waals surface area contributed by atoms with Gasteiger partial charge in [0.05, 0.1) is 5.56 Å². The Hall–Kier alpha value is -1.58. The molecule has 1 aromatic heterocycles. The minimum absolute atomic E-state index is 0.283. The average molecular weight is 250 g/mol. The first kappa shape index (κ1) is 14.5. The van der Waals surface area contributed by atoms with Gasteiger partial charge in [-0.3, -0.25) is 0 Å². The highest BCUT2D eigenvalue weighted by Crippen LogP contribution is 2.13. The van der Waals surface area contributed by atoms with E-state index in [2.05, 4.69) is 24.1 Å². The van der Waals surface area contributed by atoms with Gasteiger partial charge in [0.1, 0.15) is 5.82 Å². The average Bonchev–Trinajstić information content (AvgIpc) is 2.28. The lowest BCUT2D eigenvalue weighted by molar-refractivity contribution is 0.0696. The quantitative estimate of drug-likeness (QED) is 0.727. The molecule has 1 unspecified atom stereocenters. The van der Waals surface area contributed by atoms with Crippen molar-refractivity contribution in [1.29, 1.82) is 0 Å². The number of carbonyl (C=O) groups is 1. The third-order valence-electron chi connectivity index (χ3n) is 2.84. The molecule has 4 heteroatoms. The Kier molecular flexibility index (Phi) is 5.62. The van der Waals surface area contributed by atoms with Gasteiger partial charge in [0.15, 0.2) is 0 Å². The summed E-state index contributed by atoms with van der Waals surface area (Å²) in [6.07, 6.45) is 4.69. The summed E-state index contributed by atoms with van der Waals surface area (Å²) in [7, 11) is 0. The number of nitrogens with one attached hydrogen (secondary N) is 1. The second-order valence-electron chi connectivity index (χ2n) is 4.73. The molecule has 1 aromatic rings. The summed E-state index contributed by atoms with van der Waals surface area (Å²) in [6.45, 7) is 6.08. The molecule has 100 valence electrons. The summed E-state index contributed by atoms with van der Waals surface area (Å²) in [4.78, 5) is 15.3. The van der Waals surface area contributed by atoms with Crippen molar-refractivity contribution < 1.29 is 9.90 Å². The van der Waals surface area contributed by atoms with Crippen molar-refractivity contribution in [3.05, 3.63) is 23.4 Å². The van der Waals surface area contributed by atoms with E-state index in [1.165, 1.54) is 19.3 Å². The van der Waals surface area contributed by atoms with Crippen molar-refractivity contribution in [2.24, 2.45) is 0 Å². The zero-order chi connectivity index (χ0) is 13.5. The van der Waals surface area contributed by atoms with E-state index in [0.29, 0.717) is 11.9 Å². The summed E-state index contributed by atoms with van der Waals surface area (Å²) >= 11 is 0. The van der Waals surface area contributed by atoms with Crippen LogP contribution in [0.1, 0.15) is 55.6 Å². The number of hydrogen-bond donors (Lipinski definition) is 2. The van der Waals surface area contributed by atoms with Crippen LogP contribution in [0, 0.1) is 6.92 Å². The van der Waals surface area contributed by atoms with Gasteiger partial charge in [-0.25, -0.2) is 9.78 Å². The van der Waals surface area contributed by atoms with Gasteiger partial charge in [0.2, 0.25) is 0 Å². The normalized spacial score (nSPS) is 12.2. The van der Waals surface area contributed by atoms with E-state index in [1.54, 1.807) is 19.1 Å². The molecule has 1 atom stereocenters. The monoisotopic (exact) mass is 250 g/mol. The molecule has 0 fully saturated rings. The maximum Gasteiger partial charge on any atom is 0.335 e. The SMILES string of the molecule is CCCCCC(C)Nc1cc(C(=O)O)cc(C)n1. The second kappa shape index (κ2) is 6.99. The fourth-order valence-electron chi connectivity index (χ4n) is 1.89. The van der Waals surface area contributed by atoms with E-state index in [-0.39, 0.29) is 5.56 Å². The third-order valence-corrected chi connectivity index (χ3v) is 2.84. The van der Waals surface area contributed by atoms with Crippen LogP contribution in [0.3, 0.4) is 0 Å². The number of anilines is 1. The fraction of sp³-hybridized carbons (Fsp3) is 0.571. The van der Waals surface area contributed by atoms with Gasteiger partial charge in [0, 0.05) is 11.7 Å². The highest BCUT2D eigenvalue weighted by atomic mass is 16.4. The molecule has 0 amide bonds. The molecule has 0 saturated carbocycles. The Bertz CT molecular complexity index is 405. The Balaban J connectivity index is 2.63. The third kappa shape index (κ3) is 4.73. The van der Waals surface area contributed by atoms with Gasteiger partial charge in [-0.2, -0.15) is 0 Å². The van der Waals surface area contributed by atoms with Crippen LogP contribution in [0.25, 0.3) is 0 Å². The van der Waals surface area contributed by atoms with Crippen LogP contribution in [0.2, 0.25) is 0 Å². The first-order valence-corrected chi connectivity index (χ1v) is 6.51. The minimum Gasteiger partial charge on any atom is -0.478 e. The van der Waals surface area contributed by atoms with E-state index in [1.807, 2.05) is 0 Å². The molecule has 0 aliphatic heterocycles. The van der Waals surface area contributed by atoms with Crippen molar-refractivity contribution in [2.45, 2.75) is 52.5 Å². The summed E-state index contributed by atoms with van der Waals surface area (Å²) in [6, 6.07) is 3.48. The molecule has 18 heavy (non-hydrogen) atoms.